The summed E-state index contributed by atoms with van der Waals surface area (Å²) in [6, 6.07) is 17.1. The highest BCUT2D eigenvalue weighted by Crippen LogP contribution is 2.30. The molecule has 0 aliphatic carbocycles. The fourth-order valence-corrected chi connectivity index (χ4v) is 4.04. The fraction of sp³-hybridized carbons (Fsp3) is 0.320. The van der Waals surface area contributed by atoms with E-state index in [1.165, 1.54) is 18.9 Å². The molecule has 0 unspecified atom stereocenters. The number of likely N-dealkylation sites (N-methyl/N-ethyl adjacent to an activating group) is 1. The number of carbonyl (C=O) groups excluding carboxylic acids is 2. The number of piperazine rings is 1. The molecular formula is C25H28N4O4. The van der Waals surface area contributed by atoms with Gasteiger partial charge in [0.05, 0.1) is 19.9 Å². The number of aromatic nitrogens is 2. The summed E-state index contributed by atoms with van der Waals surface area (Å²) in [5.74, 6) is -1.30. The molecule has 172 valence electrons. The zero-order valence-corrected chi connectivity index (χ0v) is 19.2. The van der Waals surface area contributed by atoms with Crippen molar-refractivity contribution < 1.29 is 19.1 Å². The molecule has 8 nitrogen and oxygen atoms in total. The molecule has 0 N–H and O–H groups in total. The number of hydrogen-bond acceptors (Lipinski definition) is 7. The van der Waals surface area contributed by atoms with Gasteiger partial charge in [0, 0.05) is 38.3 Å². The minimum atomic E-state index is -0.661. The van der Waals surface area contributed by atoms with Crippen LogP contribution >= 0.6 is 0 Å². The molecule has 2 aromatic carbocycles. The Labute approximate surface area is 193 Å². The van der Waals surface area contributed by atoms with E-state index in [1.54, 1.807) is 0 Å². The molecule has 3 aromatic rings. The highest BCUT2D eigenvalue weighted by Gasteiger charge is 2.31. The number of hydrogen-bond donors (Lipinski definition) is 0. The Morgan fingerprint density at radius 2 is 1.61 bits per heavy atom. The molecule has 2 heterocycles. The predicted octanol–water partition coefficient (Wildman–Crippen LogP) is 2.86. The maximum absolute atomic E-state index is 12.8. The maximum atomic E-state index is 12.8. The Bertz CT molecular complexity index is 1130. The zero-order valence-electron chi connectivity index (χ0n) is 19.2. The average Bonchev–Trinajstić information content (AvgIpc) is 3.26. The fourth-order valence-electron chi connectivity index (χ4n) is 4.04. The van der Waals surface area contributed by atoms with Crippen molar-refractivity contribution in [1.82, 2.24) is 19.6 Å². The van der Waals surface area contributed by atoms with Crippen LogP contribution < -0.4 is 0 Å². The SMILES string of the molecule is COC(=O)c1c(-c2cccc(CN3CCN(C)CC3)c2)nn(-c2ccccc2)c1C(=O)OC. The lowest BCUT2D eigenvalue weighted by atomic mass is 10.0. The summed E-state index contributed by atoms with van der Waals surface area (Å²) >= 11 is 0. The van der Waals surface area contributed by atoms with E-state index in [1.807, 2.05) is 48.5 Å². The average molecular weight is 449 g/mol. The highest BCUT2D eigenvalue weighted by molar-refractivity contribution is 6.06. The van der Waals surface area contributed by atoms with Gasteiger partial charge in [-0.05, 0) is 30.8 Å². The molecule has 0 bridgehead atoms. The van der Waals surface area contributed by atoms with E-state index in [9.17, 15) is 9.59 Å². The summed E-state index contributed by atoms with van der Waals surface area (Å²) in [6.45, 7) is 4.89. The predicted molar refractivity (Wildman–Crippen MR) is 124 cm³/mol. The quantitative estimate of drug-likeness (QED) is 0.537. The Morgan fingerprint density at radius 1 is 0.909 bits per heavy atom. The van der Waals surface area contributed by atoms with Crippen LogP contribution in [0.15, 0.2) is 54.6 Å². The molecule has 1 saturated heterocycles. The van der Waals surface area contributed by atoms with E-state index in [2.05, 4.69) is 28.0 Å². The summed E-state index contributed by atoms with van der Waals surface area (Å²) < 4.78 is 11.5. The van der Waals surface area contributed by atoms with E-state index in [0.717, 1.165) is 43.9 Å². The second-order valence-electron chi connectivity index (χ2n) is 8.08. The van der Waals surface area contributed by atoms with E-state index in [0.29, 0.717) is 11.4 Å². The molecule has 0 atom stereocenters. The van der Waals surface area contributed by atoms with Crippen LogP contribution in [0.5, 0.6) is 0 Å². The number of ether oxygens (including phenoxy) is 2. The lowest BCUT2D eigenvalue weighted by molar-refractivity contribution is 0.0549. The number of benzene rings is 2. The standard InChI is InChI=1S/C25H28N4O4/c1-27-12-14-28(15-13-27)17-18-8-7-9-19(16-18)22-21(24(30)32-2)23(25(31)33-3)29(26-22)20-10-5-4-6-11-20/h4-11,16H,12-15,17H2,1-3H3. The Morgan fingerprint density at radius 3 is 2.27 bits per heavy atom. The van der Waals surface area contributed by atoms with Crippen molar-refractivity contribution in [3.05, 3.63) is 71.4 Å². The van der Waals surface area contributed by atoms with E-state index >= 15 is 0 Å². The number of para-hydroxylation sites is 1. The number of rotatable bonds is 6. The summed E-state index contributed by atoms with van der Waals surface area (Å²) in [7, 11) is 4.70. The van der Waals surface area contributed by atoms with Gasteiger partial charge in [-0.15, -0.1) is 0 Å². The van der Waals surface area contributed by atoms with Crippen molar-refractivity contribution >= 4 is 11.9 Å². The van der Waals surface area contributed by atoms with Crippen molar-refractivity contribution in [2.45, 2.75) is 6.54 Å². The Kier molecular flexibility index (Phi) is 6.86. The first-order valence-electron chi connectivity index (χ1n) is 10.9. The van der Waals surface area contributed by atoms with Gasteiger partial charge in [-0.25, -0.2) is 14.3 Å². The van der Waals surface area contributed by atoms with Crippen LogP contribution in [0.3, 0.4) is 0 Å². The summed E-state index contributed by atoms with van der Waals surface area (Å²) in [6.07, 6.45) is 0. The summed E-state index contributed by atoms with van der Waals surface area (Å²) in [5.41, 5.74) is 3.00. The molecule has 1 fully saturated rings. The molecule has 0 saturated carbocycles. The Balaban J connectivity index is 1.79. The molecule has 1 aromatic heterocycles. The van der Waals surface area contributed by atoms with Crippen molar-refractivity contribution in [3.8, 4) is 16.9 Å². The van der Waals surface area contributed by atoms with Crippen LogP contribution in [0.25, 0.3) is 16.9 Å². The topological polar surface area (TPSA) is 76.9 Å². The van der Waals surface area contributed by atoms with E-state index in [4.69, 9.17) is 9.47 Å². The van der Waals surface area contributed by atoms with Gasteiger partial charge in [0.15, 0.2) is 5.69 Å². The monoisotopic (exact) mass is 448 g/mol. The van der Waals surface area contributed by atoms with Crippen LogP contribution in [-0.4, -0.2) is 79.0 Å². The van der Waals surface area contributed by atoms with Gasteiger partial charge >= 0.3 is 11.9 Å². The number of methoxy groups -OCH3 is 2. The van der Waals surface area contributed by atoms with Gasteiger partial charge < -0.3 is 14.4 Å². The lowest BCUT2D eigenvalue weighted by Crippen LogP contribution is -2.43. The molecular weight excluding hydrogens is 420 g/mol. The van der Waals surface area contributed by atoms with Crippen LogP contribution in [0.4, 0.5) is 0 Å². The van der Waals surface area contributed by atoms with Crippen molar-refractivity contribution in [2.75, 3.05) is 47.4 Å². The zero-order chi connectivity index (χ0) is 23.4. The van der Waals surface area contributed by atoms with Crippen LogP contribution in [0, 0.1) is 0 Å². The number of carbonyl (C=O) groups is 2. The molecule has 4 rings (SSSR count). The van der Waals surface area contributed by atoms with Crippen molar-refractivity contribution in [1.29, 1.82) is 0 Å². The largest absolute Gasteiger partial charge is 0.465 e. The van der Waals surface area contributed by atoms with Gasteiger partial charge in [0.2, 0.25) is 0 Å². The second-order valence-corrected chi connectivity index (χ2v) is 8.08. The lowest BCUT2D eigenvalue weighted by Gasteiger charge is -2.32. The van der Waals surface area contributed by atoms with Crippen LogP contribution in [0.2, 0.25) is 0 Å². The molecule has 8 heteroatoms. The third kappa shape index (κ3) is 4.81. The normalized spacial score (nSPS) is 14.8. The minimum Gasteiger partial charge on any atom is -0.465 e. The third-order valence-corrected chi connectivity index (χ3v) is 5.86. The van der Waals surface area contributed by atoms with E-state index in [-0.39, 0.29) is 11.3 Å². The van der Waals surface area contributed by atoms with E-state index < -0.39 is 11.9 Å². The van der Waals surface area contributed by atoms with Crippen LogP contribution in [0.1, 0.15) is 26.4 Å². The molecule has 0 radical (unpaired) electrons. The summed E-state index contributed by atoms with van der Waals surface area (Å²) in [4.78, 5) is 30.3. The minimum absolute atomic E-state index is 0.0371. The van der Waals surface area contributed by atoms with Crippen LogP contribution in [-0.2, 0) is 16.0 Å². The highest BCUT2D eigenvalue weighted by atomic mass is 16.5. The molecule has 1 aliphatic heterocycles. The van der Waals surface area contributed by atoms with Crippen molar-refractivity contribution in [2.24, 2.45) is 0 Å². The molecule has 0 amide bonds. The van der Waals surface area contributed by atoms with Crippen molar-refractivity contribution in [3.63, 3.8) is 0 Å². The molecule has 1 aliphatic rings. The van der Waals surface area contributed by atoms with Gasteiger partial charge in [-0.1, -0.05) is 36.4 Å². The van der Waals surface area contributed by atoms with Gasteiger partial charge in [0.25, 0.3) is 0 Å². The first-order chi connectivity index (χ1) is 16.0. The third-order valence-electron chi connectivity index (χ3n) is 5.86. The first kappa shape index (κ1) is 22.7. The first-order valence-corrected chi connectivity index (χ1v) is 10.9. The smallest absolute Gasteiger partial charge is 0.357 e. The molecule has 0 spiro atoms. The summed E-state index contributed by atoms with van der Waals surface area (Å²) in [5, 5.41) is 4.68. The Hall–Kier alpha value is -3.49. The number of nitrogens with zero attached hydrogens (tertiary/aromatic N) is 4. The van der Waals surface area contributed by atoms with Gasteiger partial charge in [-0.2, -0.15) is 5.10 Å². The second kappa shape index (κ2) is 9.97. The van der Waals surface area contributed by atoms with Gasteiger partial charge in [-0.3, -0.25) is 4.90 Å². The number of esters is 2. The van der Waals surface area contributed by atoms with Gasteiger partial charge in [0.1, 0.15) is 11.3 Å². The maximum Gasteiger partial charge on any atom is 0.357 e. The molecule has 33 heavy (non-hydrogen) atoms.